The third-order valence-corrected chi connectivity index (χ3v) is 5.84. The second-order valence-corrected chi connectivity index (χ2v) is 7.68. The van der Waals surface area contributed by atoms with E-state index < -0.39 is 0 Å². The van der Waals surface area contributed by atoms with Gasteiger partial charge in [-0.2, -0.15) is 0 Å². The molecule has 0 bridgehead atoms. The van der Waals surface area contributed by atoms with Gasteiger partial charge in [0.2, 0.25) is 0 Å². The van der Waals surface area contributed by atoms with E-state index in [2.05, 4.69) is 27.3 Å². The van der Waals surface area contributed by atoms with Crippen LogP contribution in [0.2, 0.25) is 0 Å². The van der Waals surface area contributed by atoms with Crippen molar-refractivity contribution in [3.63, 3.8) is 0 Å². The first-order valence-corrected chi connectivity index (χ1v) is 10.0. The molecule has 2 aromatic carbocycles. The van der Waals surface area contributed by atoms with E-state index in [0.717, 1.165) is 18.8 Å². The van der Waals surface area contributed by atoms with Crippen molar-refractivity contribution in [3.8, 4) is 0 Å². The predicted molar refractivity (Wildman–Crippen MR) is 111 cm³/mol. The molecule has 1 aliphatic heterocycles. The Kier molecular flexibility index (Phi) is 5.25. The fourth-order valence-electron chi connectivity index (χ4n) is 3.26. The van der Waals surface area contributed by atoms with E-state index in [9.17, 15) is 9.18 Å². The number of carbonyl (C=O) groups is 1. The third kappa shape index (κ3) is 3.99. The monoisotopic (exact) mass is 396 g/mol. The minimum atomic E-state index is -0.286. The van der Waals surface area contributed by atoms with E-state index >= 15 is 0 Å². The lowest BCUT2D eigenvalue weighted by molar-refractivity contribution is 0.0750. The fraction of sp³-hybridized carbons (Fsp3) is 0.238. The molecule has 3 aromatic rings. The van der Waals surface area contributed by atoms with Gasteiger partial charge in [-0.25, -0.2) is 9.37 Å². The molecule has 28 heavy (non-hydrogen) atoms. The van der Waals surface area contributed by atoms with Crippen LogP contribution in [0.25, 0.3) is 0 Å². The number of nitrogens with one attached hydrogen (secondary N) is 1. The molecule has 0 radical (unpaired) electrons. The molecular weight excluding hydrogens is 375 g/mol. The molecular formula is C21H21FN4OS. The maximum absolute atomic E-state index is 13.0. The highest BCUT2D eigenvalue weighted by molar-refractivity contribution is 7.17. The zero-order valence-corrected chi connectivity index (χ0v) is 16.4. The van der Waals surface area contributed by atoms with Crippen LogP contribution in [0.3, 0.4) is 0 Å². The van der Waals surface area contributed by atoms with E-state index in [1.807, 2.05) is 30.0 Å². The van der Waals surface area contributed by atoms with Crippen LogP contribution in [-0.2, 0) is 0 Å². The molecule has 4 rings (SSSR count). The highest BCUT2D eigenvalue weighted by Gasteiger charge is 2.25. The molecule has 1 N–H and O–H groups in total. The number of thiazole rings is 1. The van der Waals surface area contributed by atoms with E-state index in [0.29, 0.717) is 28.8 Å². The largest absolute Gasteiger partial charge is 0.368 e. The Bertz CT molecular complexity index is 950. The van der Waals surface area contributed by atoms with Crippen molar-refractivity contribution >= 4 is 33.8 Å². The number of rotatable bonds is 4. The van der Waals surface area contributed by atoms with E-state index in [4.69, 9.17) is 0 Å². The summed E-state index contributed by atoms with van der Waals surface area (Å²) in [7, 11) is 0. The van der Waals surface area contributed by atoms with Crippen molar-refractivity contribution in [1.29, 1.82) is 0 Å². The molecule has 0 atom stereocenters. The normalized spacial score (nSPS) is 14.2. The third-order valence-electron chi connectivity index (χ3n) is 4.77. The zero-order valence-electron chi connectivity index (χ0n) is 15.6. The number of aromatic nitrogens is 1. The van der Waals surface area contributed by atoms with Crippen molar-refractivity contribution in [3.05, 3.63) is 71.0 Å². The summed E-state index contributed by atoms with van der Waals surface area (Å²) in [6, 6.07) is 16.3. The molecule has 1 saturated heterocycles. The summed E-state index contributed by atoms with van der Waals surface area (Å²) < 4.78 is 13.0. The molecule has 0 saturated carbocycles. The van der Waals surface area contributed by atoms with Crippen molar-refractivity contribution in [2.24, 2.45) is 0 Å². The Balaban J connectivity index is 1.41. The van der Waals surface area contributed by atoms with Crippen LogP contribution in [-0.4, -0.2) is 42.0 Å². The van der Waals surface area contributed by atoms with Crippen LogP contribution >= 0.6 is 11.3 Å². The quantitative estimate of drug-likeness (QED) is 0.714. The Morgan fingerprint density at radius 2 is 1.71 bits per heavy atom. The summed E-state index contributed by atoms with van der Waals surface area (Å²) in [4.78, 5) is 22.3. The summed E-state index contributed by atoms with van der Waals surface area (Å²) in [5.74, 6) is -0.263. The Morgan fingerprint density at radius 1 is 1.04 bits per heavy atom. The fourth-order valence-corrected chi connectivity index (χ4v) is 4.21. The molecule has 0 unspecified atom stereocenters. The summed E-state index contributed by atoms with van der Waals surface area (Å²) in [6.07, 6.45) is 0. The van der Waals surface area contributed by atoms with Gasteiger partial charge >= 0.3 is 0 Å². The second-order valence-electron chi connectivity index (χ2n) is 6.68. The number of carbonyl (C=O) groups excluding carboxylic acids is 1. The van der Waals surface area contributed by atoms with Gasteiger partial charge in [0.15, 0.2) is 5.13 Å². The van der Waals surface area contributed by atoms with Gasteiger partial charge in [-0.15, -0.1) is 0 Å². The lowest BCUT2D eigenvalue weighted by Crippen LogP contribution is -2.48. The van der Waals surface area contributed by atoms with Crippen molar-refractivity contribution in [1.82, 2.24) is 9.88 Å². The maximum atomic E-state index is 13.0. The Labute approximate surface area is 167 Å². The van der Waals surface area contributed by atoms with Gasteiger partial charge < -0.3 is 15.1 Å². The zero-order chi connectivity index (χ0) is 19.5. The average molecular weight is 396 g/mol. The minimum Gasteiger partial charge on any atom is -0.368 e. The predicted octanol–water partition coefficient (Wildman–Crippen LogP) is 4.30. The molecule has 2 heterocycles. The van der Waals surface area contributed by atoms with Crippen LogP contribution in [0.15, 0.2) is 54.6 Å². The van der Waals surface area contributed by atoms with Gasteiger partial charge in [-0.3, -0.25) is 4.79 Å². The first-order valence-electron chi connectivity index (χ1n) is 9.19. The number of nitrogens with zero attached hydrogens (tertiary/aromatic N) is 3. The van der Waals surface area contributed by atoms with Crippen LogP contribution in [0.5, 0.6) is 0 Å². The number of hydrogen-bond donors (Lipinski definition) is 1. The molecule has 7 heteroatoms. The van der Waals surface area contributed by atoms with Crippen molar-refractivity contribution in [2.75, 3.05) is 36.4 Å². The molecule has 1 aromatic heterocycles. The molecule has 1 fully saturated rings. The van der Waals surface area contributed by atoms with Crippen molar-refractivity contribution < 1.29 is 9.18 Å². The molecule has 0 aliphatic carbocycles. The topological polar surface area (TPSA) is 48.5 Å². The Morgan fingerprint density at radius 3 is 2.39 bits per heavy atom. The molecule has 5 nitrogen and oxygen atoms in total. The molecule has 1 amide bonds. The van der Waals surface area contributed by atoms with E-state index in [1.54, 1.807) is 12.1 Å². The number of anilines is 3. The summed E-state index contributed by atoms with van der Waals surface area (Å²) >= 11 is 1.34. The van der Waals surface area contributed by atoms with Gasteiger partial charge in [-0.05, 0) is 43.3 Å². The van der Waals surface area contributed by atoms with Crippen molar-refractivity contribution in [2.45, 2.75) is 6.92 Å². The van der Waals surface area contributed by atoms with Gasteiger partial charge in [0.25, 0.3) is 5.91 Å². The van der Waals surface area contributed by atoms with Gasteiger partial charge in [0.05, 0.1) is 5.69 Å². The van der Waals surface area contributed by atoms with Crippen LogP contribution in [0.1, 0.15) is 15.4 Å². The number of piperazine rings is 1. The first-order chi connectivity index (χ1) is 13.6. The minimum absolute atomic E-state index is 0.0230. The molecule has 1 aliphatic rings. The van der Waals surface area contributed by atoms with Gasteiger partial charge in [-0.1, -0.05) is 29.5 Å². The summed E-state index contributed by atoms with van der Waals surface area (Å²) in [5.41, 5.74) is 2.64. The number of halogens is 1. The van der Waals surface area contributed by atoms with E-state index in [-0.39, 0.29) is 11.7 Å². The first kappa shape index (κ1) is 18.4. The van der Waals surface area contributed by atoms with Crippen LogP contribution in [0, 0.1) is 12.7 Å². The number of hydrogen-bond acceptors (Lipinski definition) is 5. The van der Waals surface area contributed by atoms with Crippen LogP contribution < -0.4 is 10.2 Å². The smallest absolute Gasteiger partial charge is 0.266 e. The highest BCUT2D eigenvalue weighted by Crippen LogP contribution is 2.27. The summed E-state index contributed by atoms with van der Waals surface area (Å²) in [6.45, 7) is 4.85. The van der Waals surface area contributed by atoms with E-state index in [1.165, 1.54) is 29.2 Å². The lowest BCUT2D eigenvalue weighted by atomic mass is 10.2. The van der Waals surface area contributed by atoms with Gasteiger partial charge in [0.1, 0.15) is 10.7 Å². The summed E-state index contributed by atoms with van der Waals surface area (Å²) in [5, 5.41) is 3.78. The standard InChI is InChI=1S/C21H21FN4OS/c1-15-19(28-21(23-15)24-17-9-7-16(22)8-10-17)20(27)26-13-11-25(12-14-26)18-5-3-2-4-6-18/h2-10H,11-14H2,1H3,(H,23,24). The highest BCUT2D eigenvalue weighted by atomic mass is 32.1. The number of benzene rings is 2. The lowest BCUT2D eigenvalue weighted by Gasteiger charge is -2.36. The SMILES string of the molecule is Cc1nc(Nc2ccc(F)cc2)sc1C(=O)N1CCN(c2ccccc2)CC1. The maximum Gasteiger partial charge on any atom is 0.266 e. The number of para-hydroxylation sites is 1. The number of aryl methyl sites for hydroxylation is 1. The number of amides is 1. The molecule has 144 valence electrons. The molecule has 0 spiro atoms. The average Bonchev–Trinajstić information content (AvgIpc) is 3.10. The van der Waals surface area contributed by atoms with Gasteiger partial charge in [0, 0.05) is 37.6 Å². The van der Waals surface area contributed by atoms with Crippen LogP contribution in [0.4, 0.5) is 20.9 Å². The second kappa shape index (κ2) is 7.98. The Hall–Kier alpha value is -2.93.